The molecule has 6 rings (SSSR count). The Labute approximate surface area is 185 Å². The van der Waals surface area contributed by atoms with Gasteiger partial charge in [-0.2, -0.15) is 0 Å². The third-order valence-corrected chi connectivity index (χ3v) is 5.74. The van der Waals surface area contributed by atoms with Gasteiger partial charge in [-0.3, -0.25) is 4.79 Å². The molecule has 4 aromatic heterocycles. The molecular formula is C25H17BrN2O3. The van der Waals surface area contributed by atoms with Crippen molar-refractivity contribution in [2.24, 2.45) is 0 Å². The van der Waals surface area contributed by atoms with E-state index in [0.29, 0.717) is 22.6 Å². The predicted molar refractivity (Wildman–Crippen MR) is 126 cm³/mol. The van der Waals surface area contributed by atoms with E-state index >= 15 is 0 Å². The molecule has 0 amide bonds. The number of halogens is 1. The van der Waals surface area contributed by atoms with Crippen LogP contribution in [-0.4, -0.2) is 16.3 Å². The van der Waals surface area contributed by atoms with Crippen LogP contribution >= 0.6 is 15.9 Å². The van der Waals surface area contributed by atoms with E-state index in [0.717, 1.165) is 49.3 Å². The molecule has 0 fully saturated rings. The van der Waals surface area contributed by atoms with Crippen LogP contribution in [0.3, 0.4) is 0 Å². The Hall–Kier alpha value is -3.51. The minimum absolute atomic E-state index is 0.563. The van der Waals surface area contributed by atoms with Crippen molar-refractivity contribution in [3.63, 3.8) is 0 Å². The highest BCUT2D eigenvalue weighted by Gasteiger charge is 2.11. The number of nitrogens with zero attached hydrogens (tertiary/aromatic N) is 2. The molecule has 4 heterocycles. The summed E-state index contributed by atoms with van der Waals surface area (Å²) in [6, 6.07) is 19.5. The van der Waals surface area contributed by atoms with Crippen molar-refractivity contribution in [2.75, 3.05) is 0 Å². The fraction of sp³-hybridized carbons (Fsp3) is 0.0800. The van der Waals surface area contributed by atoms with Gasteiger partial charge in [0.1, 0.15) is 5.58 Å². The predicted octanol–water partition coefficient (Wildman–Crippen LogP) is 7.15. The SMILES string of the molecule is Cc1ccc2c(n1)oc1c(Br)cccc12.Cc1ccc2c(n1)oc1c(C=O)cccc12. The summed E-state index contributed by atoms with van der Waals surface area (Å²) in [7, 11) is 0. The second-order valence-corrected chi connectivity index (χ2v) is 8.13. The van der Waals surface area contributed by atoms with Gasteiger partial charge in [-0.25, -0.2) is 9.97 Å². The highest BCUT2D eigenvalue weighted by atomic mass is 79.9. The number of aldehydes is 1. The minimum atomic E-state index is 0.563. The van der Waals surface area contributed by atoms with Crippen LogP contribution in [0.2, 0.25) is 0 Å². The summed E-state index contributed by atoms with van der Waals surface area (Å²) in [5.74, 6) is 0. The lowest BCUT2D eigenvalue weighted by Crippen LogP contribution is -1.78. The lowest BCUT2D eigenvalue weighted by molar-refractivity contribution is 0.112. The van der Waals surface area contributed by atoms with Crippen molar-refractivity contribution in [3.05, 3.63) is 82.1 Å². The topological polar surface area (TPSA) is 69.1 Å². The number of aromatic nitrogens is 2. The summed E-state index contributed by atoms with van der Waals surface area (Å²) in [5, 5.41) is 4.06. The molecule has 0 saturated carbocycles. The first-order valence-electron chi connectivity index (χ1n) is 9.73. The van der Waals surface area contributed by atoms with Gasteiger partial charge in [-0.1, -0.05) is 24.3 Å². The molecule has 0 spiro atoms. The van der Waals surface area contributed by atoms with Crippen molar-refractivity contribution < 1.29 is 13.6 Å². The molecule has 31 heavy (non-hydrogen) atoms. The molecule has 0 saturated heterocycles. The molecule has 152 valence electrons. The zero-order chi connectivity index (χ0) is 21.5. The number of fused-ring (bicyclic) bond motifs is 6. The standard InChI is InChI=1S/C13H9NO2.C12H8BrNO/c1-8-5-6-11-10-4-2-3-9(7-15)12(10)16-13(11)14-8;1-7-5-6-9-8-3-2-4-10(13)11(8)15-12(9)14-7/h2-7H,1H3;2-6H,1H3. The quantitative estimate of drug-likeness (QED) is 0.237. The van der Waals surface area contributed by atoms with Gasteiger partial charge >= 0.3 is 0 Å². The van der Waals surface area contributed by atoms with E-state index in [1.165, 1.54) is 0 Å². The molecule has 5 nitrogen and oxygen atoms in total. The molecule has 0 unspecified atom stereocenters. The van der Waals surface area contributed by atoms with Crippen LogP contribution in [0, 0.1) is 13.8 Å². The Balaban J connectivity index is 0.000000132. The second-order valence-electron chi connectivity index (χ2n) is 7.27. The Morgan fingerprint density at radius 3 is 1.87 bits per heavy atom. The van der Waals surface area contributed by atoms with Crippen molar-refractivity contribution in [1.29, 1.82) is 0 Å². The maximum absolute atomic E-state index is 10.9. The number of hydrogen-bond acceptors (Lipinski definition) is 5. The van der Waals surface area contributed by atoms with Crippen LogP contribution in [0.25, 0.3) is 44.1 Å². The van der Waals surface area contributed by atoms with Crippen molar-refractivity contribution in [2.45, 2.75) is 13.8 Å². The highest BCUT2D eigenvalue weighted by molar-refractivity contribution is 9.10. The normalized spacial score (nSPS) is 11.2. The summed E-state index contributed by atoms with van der Waals surface area (Å²) in [6.07, 6.45) is 0.803. The van der Waals surface area contributed by atoms with E-state index in [1.54, 1.807) is 6.07 Å². The number of carbonyl (C=O) groups excluding carboxylic acids is 1. The molecule has 0 radical (unpaired) electrons. The lowest BCUT2D eigenvalue weighted by atomic mass is 10.1. The lowest BCUT2D eigenvalue weighted by Gasteiger charge is -1.90. The molecule has 6 heteroatoms. The number of hydrogen-bond donors (Lipinski definition) is 0. The molecule has 0 bridgehead atoms. The average Bonchev–Trinajstić information content (AvgIpc) is 3.32. The van der Waals surface area contributed by atoms with E-state index < -0.39 is 0 Å². The first kappa shape index (κ1) is 19.5. The zero-order valence-electron chi connectivity index (χ0n) is 16.8. The van der Waals surface area contributed by atoms with Gasteiger partial charge in [0.15, 0.2) is 11.9 Å². The van der Waals surface area contributed by atoms with Crippen LogP contribution in [0.5, 0.6) is 0 Å². The highest BCUT2D eigenvalue weighted by Crippen LogP contribution is 2.32. The molecule has 0 aliphatic rings. The monoisotopic (exact) mass is 472 g/mol. The van der Waals surface area contributed by atoms with E-state index in [-0.39, 0.29) is 0 Å². The first-order chi connectivity index (χ1) is 15.0. The number of aryl methyl sites for hydroxylation is 2. The number of rotatable bonds is 1. The van der Waals surface area contributed by atoms with E-state index in [2.05, 4.69) is 32.0 Å². The van der Waals surface area contributed by atoms with E-state index in [9.17, 15) is 4.79 Å². The van der Waals surface area contributed by atoms with Crippen LogP contribution in [0.1, 0.15) is 21.7 Å². The summed E-state index contributed by atoms with van der Waals surface area (Å²) >= 11 is 3.47. The summed E-state index contributed by atoms with van der Waals surface area (Å²) < 4.78 is 12.3. The second kappa shape index (κ2) is 7.63. The summed E-state index contributed by atoms with van der Waals surface area (Å²) in [6.45, 7) is 3.87. The summed E-state index contributed by atoms with van der Waals surface area (Å²) in [5.41, 5.74) is 5.21. The molecule has 0 atom stereocenters. The third kappa shape index (κ3) is 3.39. The maximum Gasteiger partial charge on any atom is 0.227 e. The molecule has 6 aromatic rings. The van der Waals surface area contributed by atoms with Gasteiger partial charge in [0, 0.05) is 32.9 Å². The van der Waals surface area contributed by atoms with Gasteiger partial charge in [-0.15, -0.1) is 0 Å². The van der Waals surface area contributed by atoms with Gasteiger partial charge in [0.2, 0.25) is 11.4 Å². The number of furan rings is 2. The summed E-state index contributed by atoms with van der Waals surface area (Å²) in [4.78, 5) is 19.6. The Morgan fingerprint density at radius 1 is 0.710 bits per heavy atom. The van der Waals surface area contributed by atoms with Crippen molar-refractivity contribution in [3.8, 4) is 0 Å². The zero-order valence-corrected chi connectivity index (χ0v) is 18.4. The Kier molecular flexibility index (Phi) is 4.79. The van der Waals surface area contributed by atoms with E-state index in [1.807, 2.05) is 62.4 Å². The van der Waals surface area contributed by atoms with Crippen LogP contribution in [0.15, 0.2) is 74.0 Å². The van der Waals surface area contributed by atoms with Crippen molar-refractivity contribution in [1.82, 2.24) is 9.97 Å². The van der Waals surface area contributed by atoms with E-state index in [4.69, 9.17) is 8.83 Å². The molecular weight excluding hydrogens is 456 g/mol. The third-order valence-electron chi connectivity index (χ3n) is 5.12. The van der Waals surface area contributed by atoms with Crippen LogP contribution in [-0.2, 0) is 0 Å². The molecule has 2 aromatic carbocycles. The minimum Gasteiger partial charge on any atom is -0.437 e. The van der Waals surface area contributed by atoms with Gasteiger partial charge in [0.25, 0.3) is 0 Å². The molecule has 0 aliphatic heterocycles. The smallest absolute Gasteiger partial charge is 0.227 e. The number of para-hydroxylation sites is 2. The fourth-order valence-electron chi connectivity index (χ4n) is 3.62. The fourth-order valence-corrected chi connectivity index (χ4v) is 4.07. The van der Waals surface area contributed by atoms with Crippen molar-refractivity contribution >= 4 is 66.4 Å². The average molecular weight is 473 g/mol. The Bertz CT molecular complexity index is 1600. The Morgan fingerprint density at radius 2 is 1.26 bits per heavy atom. The molecule has 0 N–H and O–H groups in total. The van der Waals surface area contributed by atoms with Crippen LogP contribution in [0.4, 0.5) is 0 Å². The van der Waals surface area contributed by atoms with Gasteiger partial charge in [0.05, 0.1) is 10.0 Å². The first-order valence-corrected chi connectivity index (χ1v) is 10.5. The van der Waals surface area contributed by atoms with Gasteiger partial charge in [-0.05, 0) is 66.2 Å². The van der Waals surface area contributed by atoms with Gasteiger partial charge < -0.3 is 8.83 Å². The largest absolute Gasteiger partial charge is 0.437 e. The number of carbonyl (C=O) groups is 1. The number of pyridine rings is 2. The van der Waals surface area contributed by atoms with Crippen LogP contribution < -0.4 is 0 Å². The number of benzene rings is 2. The maximum atomic E-state index is 10.9. The molecule has 0 aliphatic carbocycles.